The second kappa shape index (κ2) is 7.19. The summed E-state index contributed by atoms with van der Waals surface area (Å²) in [5.41, 5.74) is 0.945. The van der Waals surface area contributed by atoms with Crippen LogP contribution >= 0.6 is 31.9 Å². The maximum Gasteiger partial charge on any atom is 0.140 e. The van der Waals surface area contributed by atoms with Gasteiger partial charge in [-0.25, -0.2) is 0 Å². The summed E-state index contributed by atoms with van der Waals surface area (Å²) in [5.74, 6) is 0.812. The second-order valence-electron chi connectivity index (χ2n) is 3.75. The van der Waals surface area contributed by atoms with Crippen LogP contribution in [0.4, 0.5) is 0 Å². The highest BCUT2D eigenvalue weighted by Gasteiger charge is 2.08. The molecule has 0 aromatic heterocycles. The standard InChI is InChI=1S/C13H16Br2O2/c1-3-6-17-13-10(5-4-9(2)16)7-11(14)8-12(13)15/h4-5,7-9,16H,3,6H2,1-2H3/b5-4+. The number of benzene rings is 1. The number of rotatable bonds is 5. The highest BCUT2D eigenvalue weighted by Crippen LogP contribution is 2.34. The van der Waals surface area contributed by atoms with Gasteiger partial charge < -0.3 is 9.84 Å². The number of hydrogen-bond donors (Lipinski definition) is 1. The lowest BCUT2D eigenvalue weighted by Crippen LogP contribution is -1.98. The molecule has 0 saturated carbocycles. The third-order valence-electron chi connectivity index (χ3n) is 2.04. The Balaban J connectivity index is 3.06. The van der Waals surface area contributed by atoms with E-state index in [9.17, 15) is 5.11 Å². The Hall–Kier alpha value is -0.320. The normalized spacial score (nSPS) is 13.0. The fraction of sp³-hybridized carbons (Fsp3) is 0.385. The van der Waals surface area contributed by atoms with E-state index in [0.29, 0.717) is 6.61 Å². The summed E-state index contributed by atoms with van der Waals surface area (Å²) in [6.45, 7) is 4.46. The number of aliphatic hydroxyl groups is 1. The molecule has 0 aliphatic carbocycles. The van der Waals surface area contributed by atoms with Crippen LogP contribution in [0.2, 0.25) is 0 Å². The minimum atomic E-state index is -0.466. The largest absolute Gasteiger partial charge is 0.492 e. The monoisotopic (exact) mass is 362 g/mol. The first-order chi connectivity index (χ1) is 8.04. The molecule has 2 nitrogen and oxygen atoms in total. The zero-order chi connectivity index (χ0) is 12.8. The van der Waals surface area contributed by atoms with Crippen LogP contribution in [0.5, 0.6) is 5.75 Å². The van der Waals surface area contributed by atoms with Crippen LogP contribution in [0.1, 0.15) is 25.8 Å². The molecule has 0 saturated heterocycles. The summed E-state index contributed by atoms with van der Waals surface area (Å²) in [6, 6.07) is 3.92. The van der Waals surface area contributed by atoms with Gasteiger partial charge in [-0.05, 0) is 41.4 Å². The molecule has 0 bridgehead atoms. The van der Waals surface area contributed by atoms with Crippen LogP contribution in [0, 0.1) is 0 Å². The SMILES string of the molecule is CCCOc1c(Br)cc(Br)cc1/C=C/C(C)O. The quantitative estimate of drug-likeness (QED) is 0.840. The van der Waals surface area contributed by atoms with Crippen molar-refractivity contribution in [1.29, 1.82) is 0 Å². The van der Waals surface area contributed by atoms with E-state index in [1.54, 1.807) is 13.0 Å². The van der Waals surface area contributed by atoms with Gasteiger partial charge in [-0.2, -0.15) is 0 Å². The van der Waals surface area contributed by atoms with Gasteiger partial charge in [-0.1, -0.05) is 35.0 Å². The molecule has 1 N–H and O–H groups in total. The minimum absolute atomic E-state index is 0.466. The smallest absolute Gasteiger partial charge is 0.140 e. The maximum atomic E-state index is 9.27. The fourth-order valence-electron chi connectivity index (χ4n) is 1.30. The van der Waals surface area contributed by atoms with E-state index in [1.807, 2.05) is 18.2 Å². The van der Waals surface area contributed by atoms with Gasteiger partial charge >= 0.3 is 0 Å². The van der Waals surface area contributed by atoms with E-state index in [1.165, 1.54) is 0 Å². The lowest BCUT2D eigenvalue weighted by molar-refractivity contribution is 0.245. The van der Waals surface area contributed by atoms with Crippen molar-refractivity contribution in [3.05, 3.63) is 32.7 Å². The van der Waals surface area contributed by atoms with E-state index in [4.69, 9.17) is 4.74 Å². The Kier molecular flexibility index (Phi) is 6.23. The van der Waals surface area contributed by atoms with E-state index in [0.717, 1.165) is 26.7 Å². The predicted molar refractivity (Wildman–Crippen MR) is 78.3 cm³/mol. The molecule has 1 atom stereocenters. The summed E-state index contributed by atoms with van der Waals surface area (Å²) in [4.78, 5) is 0. The first-order valence-electron chi connectivity index (χ1n) is 5.52. The van der Waals surface area contributed by atoms with Gasteiger partial charge in [0.25, 0.3) is 0 Å². The molecule has 0 aliphatic heterocycles. The maximum absolute atomic E-state index is 9.27. The third kappa shape index (κ3) is 4.82. The van der Waals surface area contributed by atoms with Gasteiger partial charge in [-0.3, -0.25) is 0 Å². The van der Waals surface area contributed by atoms with Gasteiger partial charge in [0.2, 0.25) is 0 Å². The van der Waals surface area contributed by atoms with Crippen LogP contribution in [0.15, 0.2) is 27.2 Å². The van der Waals surface area contributed by atoms with Crippen LogP contribution < -0.4 is 4.74 Å². The lowest BCUT2D eigenvalue weighted by atomic mass is 10.1. The topological polar surface area (TPSA) is 29.5 Å². The average Bonchev–Trinajstić information content (AvgIpc) is 2.24. The third-order valence-corrected chi connectivity index (χ3v) is 3.09. The molecule has 1 aromatic carbocycles. The Bertz CT molecular complexity index is 401. The average molecular weight is 364 g/mol. The molecule has 0 aliphatic rings. The zero-order valence-corrected chi connectivity index (χ0v) is 13.1. The summed E-state index contributed by atoms with van der Waals surface area (Å²) in [7, 11) is 0. The molecule has 1 aromatic rings. The van der Waals surface area contributed by atoms with Crippen molar-refractivity contribution in [2.45, 2.75) is 26.4 Å². The first-order valence-corrected chi connectivity index (χ1v) is 7.11. The van der Waals surface area contributed by atoms with E-state index >= 15 is 0 Å². The van der Waals surface area contributed by atoms with Gasteiger partial charge in [-0.15, -0.1) is 0 Å². The van der Waals surface area contributed by atoms with Gasteiger partial charge in [0.1, 0.15) is 5.75 Å². The van der Waals surface area contributed by atoms with E-state index in [2.05, 4.69) is 38.8 Å². The second-order valence-corrected chi connectivity index (χ2v) is 5.52. The van der Waals surface area contributed by atoms with E-state index < -0.39 is 6.10 Å². The molecule has 0 heterocycles. The van der Waals surface area contributed by atoms with Crippen LogP contribution in [0.25, 0.3) is 6.08 Å². The molecule has 1 rings (SSSR count). The minimum Gasteiger partial charge on any atom is -0.492 e. The molecule has 0 amide bonds. The first kappa shape index (κ1) is 14.7. The van der Waals surface area contributed by atoms with Gasteiger partial charge in [0.15, 0.2) is 0 Å². The van der Waals surface area contributed by atoms with Crippen molar-refractivity contribution >= 4 is 37.9 Å². The van der Waals surface area contributed by atoms with Crippen LogP contribution in [0.3, 0.4) is 0 Å². The van der Waals surface area contributed by atoms with E-state index in [-0.39, 0.29) is 0 Å². The summed E-state index contributed by atoms with van der Waals surface area (Å²) in [5, 5.41) is 9.27. The van der Waals surface area contributed by atoms with Crippen molar-refractivity contribution in [2.24, 2.45) is 0 Å². The lowest BCUT2D eigenvalue weighted by Gasteiger charge is -2.11. The Morgan fingerprint density at radius 2 is 2.12 bits per heavy atom. The highest BCUT2D eigenvalue weighted by atomic mass is 79.9. The molecule has 4 heteroatoms. The Morgan fingerprint density at radius 3 is 2.71 bits per heavy atom. The van der Waals surface area contributed by atoms with Crippen molar-refractivity contribution in [2.75, 3.05) is 6.61 Å². The van der Waals surface area contributed by atoms with Crippen molar-refractivity contribution in [1.82, 2.24) is 0 Å². The van der Waals surface area contributed by atoms with Crippen molar-refractivity contribution < 1.29 is 9.84 Å². The number of aliphatic hydroxyl groups excluding tert-OH is 1. The molecule has 17 heavy (non-hydrogen) atoms. The molecule has 0 radical (unpaired) electrons. The Morgan fingerprint density at radius 1 is 1.41 bits per heavy atom. The summed E-state index contributed by atoms with van der Waals surface area (Å²) >= 11 is 6.92. The number of hydrogen-bond acceptors (Lipinski definition) is 2. The summed E-state index contributed by atoms with van der Waals surface area (Å²) < 4.78 is 7.58. The molecular formula is C13H16Br2O2. The van der Waals surface area contributed by atoms with Crippen LogP contribution in [-0.2, 0) is 0 Å². The van der Waals surface area contributed by atoms with Gasteiger partial charge in [0, 0.05) is 10.0 Å². The Labute approximate surface area is 119 Å². The highest BCUT2D eigenvalue weighted by molar-refractivity contribution is 9.11. The number of ether oxygens (including phenoxy) is 1. The van der Waals surface area contributed by atoms with Crippen molar-refractivity contribution in [3.63, 3.8) is 0 Å². The van der Waals surface area contributed by atoms with Gasteiger partial charge in [0.05, 0.1) is 17.2 Å². The zero-order valence-electron chi connectivity index (χ0n) is 9.91. The van der Waals surface area contributed by atoms with Crippen LogP contribution in [-0.4, -0.2) is 17.8 Å². The molecule has 0 spiro atoms. The summed E-state index contributed by atoms with van der Waals surface area (Å²) in [6.07, 6.45) is 4.09. The molecule has 0 fully saturated rings. The van der Waals surface area contributed by atoms with Crippen molar-refractivity contribution in [3.8, 4) is 5.75 Å². The predicted octanol–water partition coefficient (Wildman–Crippen LogP) is 4.39. The molecule has 94 valence electrons. The molecule has 1 unspecified atom stereocenters. The molecular weight excluding hydrogens is 348 g/mol. The number of halogens is 2. The fourth-order valence-corrected chi connectivity index (χ4v) is 2.68.